The highest BCUT2D eigenvalue weighted by Gasteiger charge is 2.29. The van der Waals surface area contributed by atoms with Gasteiger partial charge in [-0.3, -0.25) is 4.98 Å². The summed E-state index contributed by atoms with van der Waals surface area (Å²) < 4.78 is 31.1. The van der Waals surface area contributed by atoms with Gasteiger partial charge in [0.2, 0.25) is 10.0 Å². The Kier molecular flexibility index (Phi) is 6.30. The number of aromatic nitrogens is 1. The minimum atomic E-state index is -3.23. The van der Waals surface area contributed by atoms with Gasteiger partial charge in [-0.15, -0.1) is 0 Å². The van der Waals surface area contributed by atoms with Crippen molar-refractivity contribution in [3.05, 3.63) is 54.4 Å². The number of pyridine rings is 1. The fourth-order valence-electron chi connectivity index (χ4n) is 3.51. The third kappa shape index (κ3) is 5.41. The van der Waals surface area contributed by atoms with Crippen LogP contribution in [-0.2, 0) is 10.0 Å². The predicted octanol–water partition coefficient (Wildman–Crippen LogP) is 0.0856. The number of methoxy groups -OCH3 is 1. The van der Waals surface area contributed by atoms with E-state index in [0.29, 0.717) is 6.54 Å². The van der Waals surface area contributed by atoms with Crippen molar-refractivity contribution < 1.29 is 18.1 Å². The van der Waals surface area contributed by atoms with Crippen molar-refractivity contribution in [1.82, 2.24) is 9.71 Å². The number of sulfonamides is 1. The van der Waals surface area contributed by atoms with Crippen LogP contribution in [0.5, 0.6) is 5.75 Å². The fourth-order valence-corrected chi connectivity index (χ4v) is 3.98. The zero-order chi connectivity index (χ0) is 19.3. The predicted molar refractivity (Wildman–Crippen MR) is 106 cm³/mol. The van der Waals surface area contributed by atoms with Crippen LogP contribution < -0.4 is 19.3 Å². The number of rotatable bonds is 7. The van der Waals surface area contributed by atoms with Crippen molar-refractivity contribution in [2.45, 2.75) is 6.04 Å². The Hall–Kier alpha value is -2.16. The van der Waals surface area contributed by atoms with Crippen LogP contribution in [0.4, 0.5) is 5.69 Å². The zero-order valence-electron chi connectivity index (χ0n) is 15.8. The molecular weight excluding hydrogens is 364 g/mol. The van der Waals surface area contributed by atoms with Crippen LogP contribution in [0.3, 0.4) is 0 Å². The molecule has 0 aliphatic carbocycles. The summed E-state index contributed by atoms with van der Waals surface area (Å²) in [5.74, 6) is 0.853. The second kappa shape index (κ2) is 8.69. The molecule has 1 aliphatic rings. The van der Waals surface area contributed by atoms with E-state index in [-0.39, 0.29) is 6.04 Å². The van der Waals surface area contributed by atoms with E-state index in [1.807, 2.05) is 30.5 Å². The Labute approximate surface area is 161 Å². The Bertz CT molecular complexity index is 820. The van der Waals surface area contributed by atoms with E-state index in [9.17, 15) is 8.42 Å². The molecule has 1 atom stereocenters. The highest BCUT2D eigenvalue weighted by Crippen LogP contribution is 2.19. The number of hydrogen-bond donors (Lipinski definition) is 2. The maximum Gasteiger partial charge on any atom is 0.208 e. The van der Waals surface area contributed by atoms with Gasteiger partial charge in [-0.25, -0.2) is 13.1 Å². The monoisotopic (exact) mass is 391 g/mol. The van der Waals surface area contributed by atoms with Gasteiger partial charge in [0.05, 0.1) is 46.1 Å². The van der Waals surface area contributed by atoms with Crippen LogP contribution in [0.2, 0.25) is 0 Å². The molecule has 2 N–H and O–H groups in total. The summed E-state index contributed by atoms with van der Waals surface area (Å²) in [5.41, 5.74) is 2.24. The fraction of sp³-hybridized carbons (Fsp3) is 0.421. The molecule has 1 aliphatic heterocycles. The number of nitrogens with one attached hydrogen (secondary N) is 2. The lowest BCUT2D eigenvalue weighted by Crippen LogP contribution is -3.15. The van der Waals surface area contributed by atoms with Crippen molar-refractivity contribution in [2.75, 3.05) is 51.0 Å². The Morgan fingerprint density at radius 3 is 2.48 bits per heavy atom. The molecule has 146 valence electrons. The molecule has 1 aromatic carbocycles. The minimum absolute atomic E-state index is 0.0476. The molecule has 1 fully saturated rings. The van der Waals surface area contributed by atoms with Crippen LogP contribution in [0.1, 0.15) is 11.6 Å². The van der Waals surface area contributed by atoms with E-state index in [2.05, 4.69) is 26.7 Å². The molecule has 3 rings (SSSR count). The number of nitrogens with zero attached hydrogens (tertiary/aromatic N) is 2. The van der Waals surface area contributed by atoms with Gasteiger partial charge in [-0.1, -0.05) is 0 Å². The number of ether oxygens (including phenoxy) is 1. The summed E-state index contributed by atoms with van der Waals surface area (Å²) in [6.45, 7) is 4.06. The van der Waals surface area contributed by atoms with E-state index in [4.69, 9.17) is 4.74 Å². The van der Waals surface area contributed by atoms with Gasteiger partial charge in [0.1, 0.15) is 11.8 Å². The Balaban J connectivity index is 1.68. The summed E-state index contributed by atoms with van der Waals surface area (Å²) in [6.07, 6.45) is 4.77. The highest BCUT2D eigenvalue weighted by atomic mass is 32.2. The maximum absolute atomic E-state index is 11.6. The average molecular weight is 392 g/mol. The molecule has 27 heavy (non-hydrogen) atoms. The standard InChI is InChI=1S/C19H26N4O3S/c1-26-18-7-5-17(6-8-18)22-10-12-23(13-11-22)19(15-21-27(2,24)25)16-4-3-9-20-14-16/h3-9,14,19,21H,10-13,15H2,1-2H3/p+1. The second-order valence-electron chi connectivity index (χ2n) is 6.80. The number of quaternary nitrogens is 1. The molecule has 0 bridgehead atoms. The second-order valence-corrected chi connectivity index (χ2v) is 8.64. The van der Waals surface area contributed by atoms with Gasteiger partial charge in [0.15, 0.2) is 0 Å². The van der Waals surface area contributed by atoms with Crippen LogP contribution >= 0.6 is 0 Å². The molecule has 0 radical (unpaired) electrons. The first-order chi connectivity index (χ1) is 13.0. The third-order valence-electron chi connectivity index (χ3n) is 4.97. The number of piperazine rings is 1. The molecule has 0 amide bonds. The van der Waals surface area contributed by atoms with E-state index < -0.39 is 10.0 Å². The first-order valence-corrected chi connectivity index (χ1v) is 10.9. The smallest absolute Gasteiger partial charge is 0.208 e. The quantitative estimate of drug-likeness (QED) is 0.700. The third-order valence-corrected chi connectivity index (χ3v) is 5.66. The van der Waals surface area contributed by atoms with Gasteiger partial charge in [0.25, 0.3) is 0 Å². The molecule has 0 spiro atoms. The van der Waals surface area contributed by atoms with Crippen LogP contribution in [0, 0.1) is 0 Å². The van der Waals surface area contributed by atoms with Crippen molar-refractivity contribution in [2.24, 2.45) is 0 Å². The van der Waals surface area contributed by atoms with Gasteiger partial charge in [0, 0.05) is 23.6 Å². The molecule has 1 aromatic heterocycles. The largest absolute Gasteiger partial charge is 0.497 e. The molecule has 2 aromatic rings. The summed E-state index contributed by atoms with van der Waals surface area (Å²) in [5, 5.41) is 0. The molecular formula is C19H27N4O3S+. The van der Waals surface area contributed by atoms with Gasteiger partial charge in [-0.2, -0.15) is 0 Å². The summed E-state index contributed by atoms with van der Waals surface area (Å²) >= 11 is 0. The van der Waals surface area contributed by atoms with Crippen molar-refractivity contribution in [3.8, 4) is 5.75 Å². The van der Waals surface area contributed by atoms with Crippen molar-refractivity contribution in [3.63, 3.8) is 0 Å². The molecule has 1 unspecified atom stereocenters. The zero-order valence-corrected chi connectivity index (χ0v) is 16.6. The lowest BCUT2D eigenvalue weighted by Gasteiger charge is -2.37. The van der Waals surface area contributed by atoms with Crippen LogP contribution in [0.25, 0.3) is 0 Å². The SMILES string of the molecule is COc1ccc(N2CC[NH+](C(CNS(C)(=O)=O)c3cccnc3)CC2)cc1. The van der Waals surface area contributed by atoms with E-state index in [1.165, 1.54) is 16.8 Å². The molecule has 7 nitrogen and oxygen atoms in total. The van der Waals surface area contributed by atoms with Crippen LogP contribution in [0.15, 0.2) is 48.8 Å². The number of anilines is 1. The molecule has 0 saturated carbocycles. The Morgan fingerprint density at radius 2 is 1.93 bits per heavy atom. The van der Waals surface area contributed by atoms with Crippen molar-refractivity contribution >= 4 is 15.7 Å². The minimum Gasteiger partial charge on any atom is -0.497 e. The highest BCUT2D eigenvalue weighted by molar-refractivity contribution is 7.88. The summed E-state index contributed by atoms with van der Waals surface area (Å²) in [7, 11) is -1.57. The number of hydrogen-bond acceptors (Lipinski definition) is 5. The van der Waals surface area contributed by atoms with Gasteiger partial charge < -0.3 is 14.5 Å². The van der Waals surface area contributed by atoms with E-state index >= 15 is 0 Å². The number of benzene rings is 1. The lowest BCUT2D eigenvalue weighted by molar-refractivity contribution is -0.930. The summed E-state index contributed by atoms with van der Waals surface area (Å²) in [4.78, 5) is 7.93. The molecule has 1 saturated heterocycles. The van der Waals surface area contributed by atoms with E-state index in [1.54, 1.807) is 13.3 Å². The first-order valence-electron chi connectivity index (χ1n) is 9.04. The van der Waals surface area contributed by atoms with E-state index in [0.717, 1.165) is 37.5 Å². The molecule has 2 heterocycles. The maximum atomic E-state index is 11.6. The van der Waals surface area contributed by atoms with Crippen LogP contribution in [-0.4, -0.2) is 59.5 Å². The van der Waals surface area contributed by atoms with Gasteiger partial charge in [-0.05, 0) is 36.4 Å². The molecule has 8 heteroatoms. The Morgan fingerprint density at radius 1 is 1.22 bits per heavy atom. The normalized spacial score (nSPS) is 16.9. The van der Waals surface area contributed by atoms with Crippen molar-refractivity contribution in [1.29, 1.82) is 0 Å². The lowest BCUT2D eigenvalue weighted by atomic mass is 10.1. The summed E-state index contributed by atoms with van der Waals surface area (Å²) in [6, 6.07) is 12.1. The average Bonchev–Trinajstić information content (AvgIpc) is 2.69. The topological polar surface area (TPSA) is 76.0 Å². The first kappa shape index (κ1) is 19.6. The van der Waals surface area contributed by atoms with Gasteiger partial charge >= 0.3 is 0 Å².